The Bertz CT molecular complexity index is 449. The second-order valence-electron chi connectivity index (χ2n) is 5.61. The van der Waals surface area contributed by atoms with Crippen LogP contribution in [0.2, 0.25) is 0 Å². The first-order valence-corrected chi connectivity index (χ1v) is 7.95. The maximum Gasteiger partial charge on any atom is 0.161 e. The number of fused-ring (bicyclic) bond motifs is 1. The highest BCUT2D eigenvalue weighted by Gasteiger charge is 2.18. The minimum absolute atomic E-state index is 0.836. The summed E-state index contributed by atoms with van der Waals surface area (Å²) in [7, 11) is 3.40. The zero-order valence-electron chi connectivity index (χ0n) is 13.6. The summed E-state index contributed by atoms with van der Waals surface area (Å²) in [4.78, 5) is 2.53. The lowest BCUT2D eigenvalue weighted by molar-refractivity contribution is 0.248. The van der Waals surface area contributed by atoms with E-state index in [2.05, 4.69) is 29.3 Å². The van der Waals surface area contributed by atoms with E-state index in [9.17, 15) is 0 Å². The van der Waals surface area contributed by atoms with E-state index in [0.29, 0.717) is 0 Å². The van der Waals surface area contributed by atoms with Crippen molar-refractivity contribution in [3.63, 3.8) is 0 Å². The van der Waals surface area contributed by atoms with E-state index < -0.39 is 0 Å². The molecule has 0 atom stereocenters. The van der Waals surface area contributed by atoms with Crippen molar-refractivity contribution >= 4 is 0 Å². The molecular formula is C17H28N2O2. The molecule has 0 fully saturated rings. The van der Waals surface area contributed by atoms with Crippen LogP contribution >= 0.6 is 0 Å². The van der Waals surface area contributed by atoms with E-state index in [0.717, 1.165) is 50.6 Å². The summed E-state index contributed by atoms with van der Waals surface area (Å²) in [5, 5.41) is 3.46. The molecule has 0 amide bonds. The zero-order chi connectivity index (χ0) is 15.1. The molecule has 2 rings (SSSR count). The van der Waals surface area contributed by atoms with Crippen LogP contribution in [0, 0.1) is 0 Å². The van der Waals surface area contributed by atoms with Gasteiger partial charge >= 0.3 is 0 Å². The van der Waals surface area contributed by atoms with Gasteiger partial charge in [-0.25, -0.2) is 0 Å². The number of nitrogens with one attached hydrogen (secondary N) is 1. The van der Waals surface area contributed by atoms with Crippen molar-refractivity contribution in [3.8, 4) is 11.5 Å². The van der Waals surface area contributed by atoms with Crippen LogP contribution in [0.5, 0.6) is 11.5 Å². The first-order chi connectivity index (χ1) is 10.3. The van der Waals surface area contributed by atoms with Crippen LogP contribution in [0.1, 0.15) is 30.9 Å². The van der Waals surface area contributed by atoms with Gasteiger partial charge in [0.05, 0.1) is 14.2 Å². The fraction of sp³-hybridized carbons (Fsp3) is 0.647. The van der Waals surface area contributed by atoms with Gasteiger partial charge in [-0.2, -0.15) is 0 Å². The minimum Gasteiger partial charge on any atom is -0.493 e. The van der Waals surface area contributed by atoms with Crippen LogP contribution in [0.25, 0.3) is 0 Å². The zero-order valence-corrected chi connectivity index (χ0v) is 13.6. The summed E-state index contributed by atoms with van der Waals surface area (Å²) < 4.78 is 10.8. The minimum atomic E-state index is 0.836. The number of benzene rings is 1. The van der Waals surface area contributed by atoms with Gasteiger partial charge < -0.3 is 14.8 Å². The summed E-state index contributed by atoms with van der Waals surface area (Å²) >= 11 is 0. The molecule has 4 heteroatoms. The van der Waals surface area contributed by atoms with Gasteiger partial charge in [-0.15, -0.1) is 0 Å². The Morgan fingerprint density at radius 2 is 1.81 bits per heavy atom. The summed E-state index contributed by atoms with van der Waals surface area (Å²) in [5.74, 6) is 1.68. The van der Waals surface area contributed by atoms with Crippen LogP contribution < -0.4 is 14.8 Å². The molecule has 0 aromatic heterocycles. The van der Waals surface area contributed by atoms with Crippen molar-refractivity contribution in [1.29, 1.82) is 0 Å². The van der Waals surface area contributed by atoms with E-state index >= 15 is 0 Å². The van der Waals surface area contributed by atoms with Crippen LogP contribution in [0.15, 0.2) is 12.1 Å². The smallest absolute Gasteiger partial charge is 0.161 e. The Morgan fingerprint density at radius 1 is 1.10 bits per heavy atom. The highest BCUT2D eigenvalue weighted by atomic mass is 16.5. The fourth-order valence-corrected chi connectivity index (χ4v) is 2.86. The first-order valence-electron chi connectivity index (χ1n) is 7.95. The average Bonchev–Trinajstić information content (AvgIpc) is 2.53. The van der Waals surface area contributed by atoms with Gasteiger partial charge in [0.1, 0.15) is 0 Å². The predicted octanol–water partition coefficient (Wildman–Crippen LogP) is 2.45. The topological polar surface area (TPSA) is 33.7 Å². The molecule has 1 aliphatic heterocycles. The molecule has 0 unspecified atom stereocenters. The lowest BCUT2D eigenvalue weighted by Gasteiger charge is -2.29. The van der Waals surface area contributed by atoms with Crippen LogP contribution in [0.4, 0.5) is 0 Å². The fourth-order valence-electron chi connectivity index (χ4n) is 2.86. The van der Waals surface area contributed by atoms with E-state index in [1.807, 2.05) is 0 Å². The third kappa shape index (κ3) is 4.35. The van der Waals surface area contributed by atoms with Crippen molar-refractivity contribution in [3.05, 3.63) is 23.3 Å². The lowest BCUT2D eigenvalue weighted by Crippen LogP contribution is -2.33. The Labute approximate surface area is 128 Å². The summed E-state index contributed by atoms with van der Waals surface area (Å²) in [6, 6.07) is 4.27. The molecule has 1 aromatic carbocycles. The van der Waals surface area contributed by atoms with Crippen molar-refractivity contribution in [2.45, 2.75) is 32.7 Å². The normalized spacial score (nSPS) is 14.8. The third-order valence-corrected chi connectivity index (χ3v) is 4.05. The number of rotatable bonds is 8. The Morgan fingerprint density at radius 3 is 2.48 bits per heavy atom. The largest absolute Gasteiger partial charge is 0.493 e. The standard InChI is InChI=1S/C17H28N2O2/c1-4-7-18-8-5-9-19-10-6-14-11-16(20-2)17(21-3)12-15(14)13-19/h11-12,18H,4-10,13H2,1-3H3. The Kier molecular flexibility index (Phi) is 6.33. The van der Waals surface area contributed by atoms with E-state index in [1.54, 1.807) is 14.2 Å². The van der Waals surface area contributed by atoms with Gasteiger partial charge in [0.15, 0.2) is 11.5 Å². The molecule has 0 spiro atoms. The van der Waals surface area contributed by atoms with Crippen LogP contribution in [0.3, 0.4) is 0 Å². The summed E-state index contributed by atoms with van der Waals surface area (Å²) in [6.45, 7) is 7.75. The first kappa shape index (κ1) is 16.1. The van der Waals surface area contributed by atoms with Gasteiger partial charge in [-0.3, -0.25) is 4.90 Å². The summed E-state index contributed by atoms with van der Waals surface area (Å²) in [6.07, 6.45) is 3.51. The second kappa shape index (κ2) is 8.25. The Balaban J connectivity index is 1.90. The van der Waals surface area contributed by atoms with E-state index in [-0.39, 0.29) is 0 Å². The van der Waals surface area contributed by atoms with Gasteiger partial charge in [0.2, 0.25) is 0 Å². The highest BCUT2D eigenvalue weighted by molar-refractivity contribution is 5.48. The van der Waals surface area contributed by atoms with Gasteiger partial charge in [0, 0.05) is 13.1 Å². The monoisotopic (exact) mass is 292 g/mol. The van der Waals surface area contributed by atoms with Crippen molar-refractivity contribution in [1.82, 2.24) is 10.2 Å². The maximum atomic E-state index is 5.41. The number of methoxy groups -OCH3 is 2. The van der Waals surface area contributed by atoms with Gasteiger partial charge in [-0.1, -0.05) is 6.92 Å². The van der Waals surface area contributed by atoms with Crippen molar-refractivity contribution < 1.29 is 9.47 Å². The average molecular weight is 292 g/mol. The summed E-state index contributed by atoms with van der Waals surface area (Å²) in [5.41, 5.74) is 2.77. The molecule has 0 saturated heterocycles. The number of hydrogen-bond acceptors (Lipinski definition) is 4. The molecular weight excluding hydrogens is 264 g/mol. The molecule has 0 radical (unpaired) electrons. The van der Waals surface area contributed by atoms with Gasteiger partial charge in [-0.05, 0) is 62.2 Å². The third-order valence-electron chi connectivity index (χ3n) is 4.05. The molecule has 21 heavy (non-hydrogen) atoms. The molecule has 1 N–H and O–H groups in total. The quantitative estimate of drug-likeness (QED) is 0.746. The number of nitrogens with zero attached hydrogens (tertiary/aromatic N) is 1. The molecule has 1 aromatic rings. The predicted molar refractivity (Wildman–Crippen MR) is 86.3 cm³/mol. The van der Waals surface area contributed by atoms with E-state index in [1.165, 1.54) is 24.0 Å². The molecule has 1 aliphatic rings. The molecule has 0 aliphatic carbocycles. The molecule has 118 valence electrons. The van der Waals surface area contributed by atoms with Crippen LogP contribution in [-0.2, 0) is 13.0 Å². The Hall–Kier alpha value is -1.26. The van der Waals surface area contributed by atoms with E-state index in [4.69, 9.17) is 9.47 Å². The van der Waals surface area contributed by atoms with Crippen molar-refractivity contribution in [2.24, 2.45) is 0 Å². The number of hydrogen-bond donors (Lipinski definition) is 1. The second-order valence-corrected chi connectivity index (χ2v) is 5.61. The number of ether oxygens (including phenoxy) is 2. The molecule has 0 saturated carbocycles. The molecule has 4 nitrogen and oxygen atoms in total. The molecule has 0 bridgehead atoms. The lowest BCUT2D eigenvalue weighted by atomic mass is 9.98. The highest BCUT2D eigenvalue weighted by Crippen LogP contribution is 2.33. The van der Waals surface area contributed by atoms with Crippen molar-refractivity contribution in [2.75, 3.05) is 40.4 Å². The maximum absolute atomic E-state index is 5.41. The van der Waals surface area contributed by atoms with Gasteiger partial charge in [0.25, 0.3) is 0 Å². The SMILES string of the molecule is CCCNCCCN1CCc2cc(OC)c(OC)cc2C1. The molecule has 1 heterocycles. The van der Waals surface area contributed by atoms with Crippen LogP contribution in [-0.4, -0.2) is 45.3 Å².